The zero-order chi connectivity index (χ0) is 18.5. The molecule has 26 heavy (non-hydrogen) atoms. The molecule has 2 aromatic carbocycles. The van der Waals surface area contributed by atoms with Crippen LogP contribution in [0, 0.1) is 0 Å². The van der Waals surface area contributed by atoms with Crippen molar-refractivity contribution in [3.8, 4) is 0 Å². The SMILES string of the molecule is NC(=O)Nc1ccc(C(=O)OCC(=O)Nc2cccc3nsnc23)cc1. The Morgan fingerprint density at radius 1 is 1.04 bits per heavy atom. The summed E-state index contributed by atoms with van der Waals surface area (Å²) in [5.41, 5.74) is 7.43. The summed E-state index contributed by atoms with van der Waals surface area (Å²) in [6.07, 6.45) is 0. The number of carbonyl (C=O) groups is 3. The summed E-state index contributed by atoms with van der Waals surface area (Å²) in [6, 6.07) is 10.4. The molecule has 1 aromatic heterocycles. The van der Waals surface area contributed by atoms with Gasteiger partial charge in [0, 0.05) is 5.69 Å². The molecule has 0 bridgehead atoms. The minimum Gasteiger partial charge on any atom is -0.452 e. The topological polar surface area (TPSA) is 136 Å². The normalized spacial score (nSPS) is 10.3. The molecule has 9 nitrogen and oxygen atoms in total. The van der Waals surface area contributed by atoms with Gasteiger partial charge in [-0.15, -0.1) is 0 Å². The Balaban J connectivity index is 1.56. The van der Waals surface area contributed by atoms with Gasteiger partial charge in [-0.2, -0.15) is 8.75 Å². The molecule has 1 heterocycles. The Morgan fingerprint density at radius 2 is 1.81 bits per heavy atom. The van der Waals surface area contributed by atoms with Gasteiger partial charge in [0.05, 0.1) is 23.0 Å². The zero-order valence-electron chi connectivity index (χ0n) is 13.3. The van der Waals surface area contributed by atoms with Crippen molar-refractivity contribution in [1.29, 1.82) is 0 Å². The summed E-state index contributed by atoms with van der Waals surface area (Å²) in [6.45, 7) is -0.450. The Morgan fingerprint density at radius 3 is 2.54 bits per heavy atom. The summed E-state index contributed by atoms with van der Waals surface area (Å²) in [5, 5.41) is 5.01. The van der Waals surface area contributed by atoms with Gasteiger partial charge in [0.25, 0.3) is 5.91 Å². The summed E-state index contributed by atoms with van der Waals surface area (Å²) in [4.78, 5) is 34.7. The third-order valence-electron chi connectivity index (χ3n) is 3.28. The fourth-order valence-electron chi connectivity index (χ4n) is 2.14. The van der Waals surface area contributed by atoms with E-state index in [-0.39, 0.29) is 5.56 Å². The van der Waals surface area contributed by atoms with E-state index in [9.17, 15) is 14.4 Å². The molecule has 0 unspecified atom stereocenters. The van der Waals surface area contributed by atoms with Crippen molar-refractivity contribution < 1.29 is 19.1 Å². The molecule has 3 amide bonds. The van der Waals surface area contributed by atoms with E-state index in [0.29, 0.717) is 22.4 Å². The third-order valence-corrected chi connectivity index (χ3v) is 3.83. The number of hydrogen-bond acceptors (Lipinski definition) is 7. The fourth-order valence-corrected chi connectivity index (χ4v) is 2.69. The second kappa shape index (κ2) is 7.57. The molecule has 0 atom stereocenters. The van der Waals surface area contributed by atoms with Crippen LogP contribution in [0.15, 0.2) is 42.5 Å². The van der Waals surface area contributed by atoms with Gasteiger partial charge in [-0.25, -0.2) is 9.59 Å². The summed E-state index contributed by atoms with van der Waals surface area (Å²) in [7, 11) is 0. The van der Waals surface area contributed by atoms with E-state index in [1.165, 1.54) is 24.3 Å². The van der Waals surface area contributed by atoms with Crippen LogP contribution in [0.5, 0.6) is 0 Å². The first-order valence-electron chi connectivity index (χ1n) is 7.38. The van der Waals surface area contributed by atoms with Crippen LogP contribution >= 0.6 is 11.7 Å². The van der Waals surface area contributed by atoms with Crippen LogP contribution in [0.25, 0.3) is 11.0 Å². The largest absolute Gasteiger partial charge is 0.452 e. The number of urea groups is 1. The van der Waals surface area contributed by atoms with Crippen LogP contribution in [0.2, 0.25) is 0 Å². The number of esters is 1. The summed E-state index contributed by atoms with van der Waals surface area (Å²) < 4.78 is 13.2. The van der Waals surface area contributed by atoms with Gasteiger partial charge in [-0.05, 0) is 36.4 Å². The molecule has 0 radical (unpaired) electrons. The highest BCUT2D eigenvalue weighted by atomic mass is 32.1. The number of primary amides is 1. The second-order valence-electron chi connectivity index (χ2n) is 5.13. The first kappa shape index (κ1) is 17.3. The maximum absolute atomic E-state index is 12.0. The van der Waals surface area contributed by atoms with Crippen molar-refractivity contribution in [2.45, 2.75) is 0 Å². The lowest BCUT2D eigenvalue weighted by atomic mass is 10.2. The number of anilines is 2. The van der Waals surface area contributed by atoms with Gasteiger partial charge >= 0.3 is 12.0 Å². The number of nitrogens with two attached hydrogens (primary N) is 1. The van der Waals surface area contributed by atoms with Crippen molar-refractivity contribution in [2.24, 2.45) is 5.73 Å². The number of amides is 3. The number of aromatic nitrogens is 2. The molecule has 3 aromatic rings. The monoisotopic (exact) mass is 371 g/mol. The van der Waals surface area contributed by atoms with Gasteiger partial charge in [-0.1, -0.05) is 6.07 Å². The van der Waals surface area contributed by atoms with E-state index in [2.05, 4.69) is 19.4 Å². The second-order valence-corrected chi connectivity index (χ2v) is 5.66. The molecular weight excluding hydrogens is 358 g/mol. The molecule has 0 saturated carbocycles. The zero-order valence-corrected chi connectivity index (χ0v) is 14.1. The first-order valence-corrected chi connectivity index (χ1v) is 8.11. The molecule has 132 valence electrons. The Bertz CT molecular complexity index is 970. The van der Waals surface area contributed by atoms with Crippen LogP contribution in [-0.2, 0) is 9.53 Å². The molecule has 0 aliphatic heterocycles. The van der Waals surface area contributed by atoms with E-state index >= 15 is 0 Å². The van der Waals surface area contributed by atoms with Crippen LogP contribution in [-0.4, -0.2) is 33.3 Å². The number of hydrogen-bond donors (Lipinski definition) is 3. The standard InChI is InChI=1S/C16H13N5O4S/c17-16(24)18-10-6-4-9(5-7-10)15(23)25-8-13(22)19-11-2-1-3-12-14(11)21-26-20-12/h1-7H,8H2,(H,19,22)(H3,17,18,24). The average molecular weight is 371 g/mol. The molecular formula is C16H13N5O4S. The molecule has 10 heteroatoms. The quantitative estimate of drug-likeness (QED) is 0.587. The van der Waals surface area contributed by atoms with Crippen molar-refractivity contribution in [1.82, 2.24) is 8.75 Å². The molecule has 0 aliphatic rings. The van der Waals surface area contributed by atoms with Gasteiger partial charge in [0.2, 0.25) is 0 Å². The first-order chi connectivity index (χ1) is 12.5. The minimum atomic E-state index is -0.706. The van der Waals surface area contributed by atoms with Crippen LogP contribution in [0.4, 0.5) is 16.2 Å². The number of ether oxygens (including phenoxy) is 1. The predicted molar refractivity (Wildman–Crippen MR) is 96.0 cm³/mol. The highest BCUT2D eigenvalue weighted by Gasteiger charge is 2.12. The molecule has 0 saturated heterocycles. The minimum absolute atomic E-state index is 0.235. The fraction of sp³-hybridized carbons (Fsp3) is 0.0625. The lowest BCUT2D eigenvalue weighted by molar-refractivity contribution is -0.119. The van der Waals surface area contributed by atoms with Crippen molar-refractivity contribution >= 4 is 52.0 Å². The highest BCUT2D eigenvalue weighted by molar-refractivity contribution is 7.00. The Kier molecular flexibility index (Phi) is 5.04. The summed E-state index contributed by atoms with van der Waals surface area (Å²) >= 11 is 1.04. The lowest BCUT2D eigenvalue weighted by Gasteiger charge is -2.07. The maximum atomic E-state index is 12.0. The molecule has 0 aliphatic carbocycles. The van der Waals surface area contributed by atoms with Crippen LogP contribution < -0.4 is 16.4 Å². The van der Waals surface area contributed by atoms with Gasteiger partial charge < -0.3 is 21.1 Å². The number of nitrogens with one attached hydrogen (secondary N) is 2. The van der Waals surface area contributed by atoms with Crippen molar-refractivity contribution in [2.75, 3.05) is 17.2 Å². The number of rotatable bonds is 5. The van der Waals surface area contributed by atoms with E-state index in [0.717, 1.165) is 11.7 Å². The van der Waals surface area contributed by atoms with Gasteiger partial charge in [-0.3, -0.25) is 4.79 Å². The highest BCUT2D eigenvalue weighted by Crippen LogP contribution is 2.21. The van der Waals surface area contributed by atoms with E-state index < -0.39 is 24.5 Å². The number of carbonyl (C=O) groups excluding carboxylic acids is 3. The number of benzene rings is 2. The molecule has 0 fully saturated rings. The van der Waals surface area contributed by atoms with E-state index in [1.54, 1.807) is 18.2 Å². The maximum Gasteiger partial charge on any atom is 0.338 e. The number of fused-ring (bicyclic) bond motifs is 1. The van der Waals surface area contributed by atoms with Crippen molar-refractivity contribution in [3.05, 3.63) is 48.0 Å². The van der Waals surface area contributed by atoms with E-state index in [4.69, 9.17) is 10.5 Å². The lowest BCUT2D eigenvalue weighted by Crippen LogP contribution is -2.21. The van der Waals surface area contributed by atoms with Crippen molar-refractivity contribution in [3.63, 3.8) is 0 Å². The molecule has 0 spiro atoms. The summed E-state index contributed by atoms with van der Waals surface area (Å²) in [5.74, 6) is -1.16. The Hall–Kier alpha value is -3.53. The van der Waals surface area contributed by atoms with Crippen LogP contribution in [0.3, 0.4) is 0 Å². The number of nitrogens with zero attached hydrogens (tertiary/aromatic N) is 2. The van der Waals surface area contributed by atoms with Gasteiger partial charge in [0.1, 0.15) is 11.0 Å². The average Bonchev–Trinajstić information content (AvgIpc) is 3.09. The van der Waals surface area contributed by atoms with Crippen LogP contribution in [0.1, 0.15) is 10.4 Å². The predicted octanol–water partition coefficient (Wildman–Crippen LogP) is 1.98. The van der Waals surface area contributed by atoms with Gasteiger partial charge in [0.15, 0.2) is 6.61 Å². The Labute approximate surface area is 151 Å². The van der Waals surface area contributed by atoms with E-state index in [1.807, 2.05) is 0 Å². The molecule has 3 rings (SSSR count). The third kappa shape index (κ3) is 4.11. The molecule has 4 N–H and O–H groups in total. The smallest absolute Gasteiger partial charge is 0.338 e.